The zero-order valence-electron chi connectivity index (χ0n) is 17.9. The van der Waals surface area contributed by atoms with E-state index < -0.39 is 0 Å². The summed E-state index contributed by atoms with van der Waals surface area (Å²) in [4.78, 5) is 28.1. The molecule has 152 valence electrons. The third-order valence-electron chi connectivity index (χ3n) is 4.31. The summed E-state index contributed by atoms with van der Waals surface area (Å²) < 4.78 is 1.73. The average molecular weight is 386 g/mol. The molecule has 1 heterocycles. The third kappa shape index (κ3) is 5.12. The molecule has 0 aliphatic carbocycles. The Kier molecular flexibility index (Phi) is 6.48. The number of aromatic nitrogens is 2. The van der Waals surface area contributed by atoms with E-state index in [4.69, 9.17) is 5.10 Å². The molecule has 1 aromatic heterocycles. The fraction of sp³-hybridized carbons (Fsp3) is 0.476. The maximum absolute atomic E-state index is 12.7. The maximum atomic E-state index is 12.7. The molecule has 2 rings (SSSR count). The molecule has 2 aromatic rings. The van der Waals surface area contributed by atoms with E-state index in [9.17, 15) is 9.59 Å². The minimum atomic E-state index is -0.263. The molecule has 0 saturated carbocycles. The number of amides is 3. The van der Waals surface area contributed by atoms with Gasteiger partial charge in [-0.1, -0.05) is 39.0 Å². The molecular weight excluding hydrogens is 354 g/mol. The van der Waals surface area contributed by atoms with Crippen molar-refractivity contribution in [1.29, 1.82) is 0 Å². The predicted molar refractivity (Wildman–Crippen MR) is 112 cm³/mol. The first-order valence-electron chi connectivity index (χ1n) is 9.44. The number of carbonyl (C=O) groups is 2. The van der Waals surface area contributed by atoms with Crippen LogP contribution in [0.2, 0.25) is 0 Å². The van der Waals surface area contributed by atoms with Gasteiger partial charge in [-0.15, -0.1) is 0 Å². The van der Waals surface area contributed by atoms with Crippen LogP contribution in [-0.4, -0.2) is 58.2 Å². The summed E-state index contributed by atoms with van der Waals surface area (Å²) in [7, 11) is 3.35. The molecule has 0 fully saturated rings. The molecule has 0 aliphatic rings. The summed E-state index contributed by atoms with van der Waals surface area (Å²) in [5, 5.41) is 7.63. The summed E-state index contributed by atoms with van der Waals surface area (Å²) in [6, 6.07) is 11.3. The van der Waals surface area contributed by atoms with Crippen LogP contribution >= 0.6 is 0 Å². The topological polar surface area (TPSA) is 70.5 Å². The minimum Gasteiger partial charge on any atom is -0.331 e. The van der Waals surface area contributed by atoms with E-state index in [2.05, 4.69) is 26.1 Å². The first-order chi connectivity index (χ1) is 13.0. The van der Waals surface area contributed by atoms with E-state index in [-0.39, 0.29) is 29.9 Å². The smallest absolute Gasteiger partial charge is 0.320 e. The summed E-state index contributed by atoms with van der Waals surface area (Å²) >= 11 is 0. The van der Waals surface area contributed by atoms with Gasteiger partial charge in [0, 0.05) is 31.6 Å². The van der Waals surface area contributed by atoms with E-state index in [1.54, 1.807) is 18.8 Å². The van der Waals surface area contributed by atoms with Crippen molar-refractivity contribution < 1.29 is 9.59 Å². The monoisotopic (exact) mass is 385 g/mol. The van der Waals surface area contributed by atoms with Gasteiger partial charge in [0.05, 0.1) is 11.4 Å². The lowest BCUT2D eigenvalue weighted by Gasteiger charge is -2.29. The Morgan fingerprint density at radius 1 is 1.14 bits per heavy atom. The molecule has 7 heteroatoms. The van der Waals surface area contributed by atoms with Crippen LogP contribution in [0, 0.1) is 0 Å². The number of hydrogen-bond acceptors (Lipinski definition) is 3. The molecule has 0 spiro atoms. The number of carbonyl (C=O) groups excluding carboxylic acids is 2. The van der Waals surface area contributed by atoms with Gasteiger partial charge in [-0.05, 0) is 26.0 Å². The van der Waals surface area contributed by atoms with E-state index in [1.165, 1.54) is 9.80 Å². The van der Waals surface area contributed by atoms with Gasteiger partial charge in [0.1, 0.15) is 12.4 Å². The highest BCUT2D eigenvalue weighted by Crippen LogP contribution is 2.26. The van der Waals surface area contributed by atoms with Crippen LogP contribution in [-0.2, 0) is 10.2 Å². The van der Waals surface area contributed by atoms with Crippen LogP contribution in [0.1, 0.15) is 40.3 Å². The SMILES string of the molecule is CC(C)N(CC(=O)Nc1cc(C(C)(C)C)nn1-c1ccccc1)C(=O)N(C)C. The molecule has 1 N–H and O–H groups in total. The second-order valence-corrected chi connectivity index (χ2v) is 8.36. The fourth-order valence-electron chi connectivity index (χ4n) is 2.67. The van der Waals surface area contributed by atoms with Gasteiger partial charge >= 0.3 is 6.03 Å². The predicted octanol–water partition coefficient (Wildman–Crippen LogP) is 3.50. The number of rotatable bonds is 5. The van der Waals surface area contributed by atoms with Crippen molar-refractivity contribution in [3.05, 3.63) is 42.1 Å². The summed E-state index contributed by atoms with van der Waals surface area (Å²) in [5.74, 6) is 0.323. The maximum Gasteiger partial charge on any atom is 0.320 e. The average Bonchev–Trinajstić information content (AvgIpc) is 3.03. The highest BCUT2D eigenvalue weighted by atomic mass is 16.2. The molecule has 0 aliphatic heterocycles. The number of urea groups is 1. The first-order valence-corrected chi connectivity index (χ1v) is 9.44. The molecule has 1 aromatic carbocycles. The zero-order chi connectivity index (χ0) is 21.1. The Morgan fingerprint density at radius 3 is 2.25 bits per heavy atom. The molecule has 28 heavy (non-hydrogen) atoms. The summed E-state index contributed by atoms with van der Waals surface area (Å²) in [5.41, 5.74) is 1.57. The van der Waals surface area contributed by atoms with Crippen LogP contribution < -0.4 is 5.32 Å². The Labute approximate surface area is 167 Å². The quantitative estimate of drug-likeness (QED) is 0.856. The van der Waals surface area contributed by atoms with Crippen molar-refractivity contribution in [1.82, 2.24) is 19.6 Å². The Morgan fingerprint density at radius 2 is 1.75 bits per heavy atom. The van der Waals surface area contributed by atoms with E-state index in [0.717, 1.165) is 11.4 Å². The van der Waals surface area contributed by atoms with Crippen molar-refractivity contribution in [2.24, 2.45) is 0 Å². The molecule has 0 saturated heterocycles. The van der Waals surface area contributed by atoms with Crippen LogP contribution in [0.3, 0.4) is 0 Å². The van der Waals surface area contributed by atoms with Gasteiger partial charge in [-0.3, -0.25) is 4.79 Å². The molecule has 3 amide bonds. The van der Waals surface area contributed by atoms with Crippen molar-refractivity contribution in [2.45, 2.75) is 46.1 Å². The zero-order valence-corrected chi connectivity index (χ0v) is 17.9. The number of nitrogens with zero attached hydrogens (tertiary/aromatic N) is 4. The van der Waals surface area contributed by atoms with E-state index in [0.29, 0.717) is 5.82 Å². The van der Waals surface area contributed by atoms with Crippen molar-refractivity contribution in [3.63, 3.8) is 0 Å². The van der Waals surface area contributed by atoms with Crippen LogP contribution in [0.25, 0.3) is 5.69 Å². The number of benzene rings is 1. The normalized spacial score (nSPS) is 11.4. The molecular formula is C21H31N5O2. The fourth-order valence-corrected chi connectivity index (χ4v) is 2.67. The highest BCUT2D eigenvalue weighted by molar-refractivity contribution is 5.94. The van der Waals surface area contributed by atoms with Crippen LogP contribution in [0.4, 0.5) is 10.6 Å². The van der Waals surface area contributed by atoms with Crippen LogP contribution in [0.15, 0.2) is 36.4 Å². The van der Waals surface area contributed by atoms with Gasteiger partial charge in [0.25, 0.3) is 0 Å². The lowest BCUT2D eigenvalue weighted by molar-refractivity contribution is -0.117. The number of hydrogen-bond donors (Lipinski definition) is 1. The standard InChI is InChI=1S/C21H31N5O2/c1-15(2)25(20(28)24(6)7)14-19(27)22-18-13-17(21(3,4)5)23-26(18)16-11-9-8-10-12-16/h8-13,15H,14H2,1-7H3,(H,22,27). The van der Waals surface area contributed by atoms with Crippen molar-refractivity contribution in [2.75, 3.05) is 26.0 Å². The van der Waals surface area contributed by atoms with Gasteiger partial charge in [0.2, 0.25) is 5.91 Å². The Hall–Kier alpha value is -2.83. The van der Waals surface area contributed by atoms with Crippen molar-refractivity contribution >= 4 is 17.8 Å². The Bertz CT molecular complexity index is 819. The lowest BCUT2D eigenvalue weighted by Crippen LogP contribution is -2.47. The molecule has 7 nitrogen and oxygen atoms in total. The van der Waals surface area contributed by atoms with Gasteiger partial charge in [-0.25, -0.2) is 9.48 Å². The number of anilines is 1. The molecule has 0 atom stereocenters. The first kappa shape index (κ1) is 21.5. The minimum absolute atomic E-state index is 0.0283. The van der Waals surface area contributed by atoms with Gasteiger partial charge in [0.15, 0.2) is 0 Å². The van der Waals surface area contributed by atoms with E-state index in [1.807, 2.05) is 50.2 Å². The van der Waals surface area contributed by atoms with Gasteiger partial charge < -0.3 is 15.1 Å². The summed E-state index contributed by atoms with van der Waals surface area (Å²) in [6.45, 7) is 9.98. The molecule has 0 radical (unpaired) electrons. The molecule has 0 unspecified atom stereocenters. The van der Waals surface area contributed by atoms with Crippen molar-refractivity contribution in [3.8, 4) is 5.69 Å². The largest absolute Gasteiger partial charge is 0.331 e. The number of nitrogens with one attached hydrogen (secondary N) is 1. The third-order valence-corrected chi connectivity index (χ3v) is 4.31. The lowest BCUT2D eigenvalue weighted by atomic mass is 9.92. The van der Waals surface area contributed by atoms with Gasteiger partial charge in [-0.2, -0.15) is 5.10 Å². The number of para-hydroxylation sites is 1. The van der Waals surface area contributed by atoms with E-state index >= 15 is 0 Å². The Balaban J connectivity index is 2.30. The second kappa shape index (κ2) is 8.46. The highest BCUT2D eigenvalue weighted by Gasteiger charge is 2.24. The van der Waals surface area contributed by atoms with Crippen LogP contribution in [0.5, 0.6) is 0 Å². The summed E-state index contributed by atoms with van der Waals surface area (Å²) in [6.07, 6.45) is 0. The second-order valence-electron chi connectivity index (χ2n) is 8.36. The molecule has 0 bridgehead atoms.